The van der Waals surface area contributed by atoms with Crippen molar-refractivity contribution < 1.29 is 14.0 Å². The van der Waals surface area contributed by atoms with Gasteiger partial charge in [0.2, 0.25) is 5.91 Å². The molecule has 0 bridgehead atoms. The summed E-state index contributed by atoms with van der Waals surface area (Å²) >= 11 is 0. The van der Waals surface area contributed by atoms with Gasteiger partial charge in [-0.2, -0.15) is 0 Å². The lowest BCUT2D eigenvalue weighted by molar-refractivity contribution is -0.139. The molecule has 0 aliphatic rings. The van der Waals surface area contributed by atoms with Crippen molar-refractivity contribution in [3.63, 3.8) is 0 Å². The van der Waals surface area contributed by atoms with Gasteiger partial charge in [-0.3, -0.25) is 9.59 Å². The number of hydrogen-bond donors (Lipinski definition) is 2. The Kier molecular flexibility index (Phi) is 7.64. The van der Waals surface area contributed by atoms with Crippen LogP contribution >= 0.6 is 0 Å². The number of aromatic nitrogens is 1. The summed E-state index contributed by atoms with van der Waals surface area (Å²) in [5.41, 5.74) is 5.53. The summed E-state index contributed by atoms with van der Waals surface area (Å²) in [4.78, 5) is 32.9. The summed E-state index contributed by atoms with van der Waals surface area (Å²) in [6.07, 6.45) is 3.59. The van der Waals surface area contributed by atoms with Crippen molar-refractivity contribution in [3.05, 3.63) is 125 Å². The molecule has 6 nitrogen and oxygen atoms in total. The molecule has 2 amide bonds. The number of rotatable bonds is 9. The number of hydrogen-bond acceptors (Lipinski definition) is 3. The number of carbonyl (C=O) groups excluding carboxylic acids is 2. The van der Waals surface area contributed by atoms with E-state index in [0.29, 0.717) is 17.4 Å². The van der Waals surface area contributed by atoms with Crippen LogP contribution in [0.5, 0.6) is 0 Å². The SMILES string of the molecule is Cc1ccc([C@@H](C(=O)Nc2ccc(C(C)C)cc2)N(Cc2ccco2)C(=O)Cc2c[nH]c3ccccc23)cc1. The quantitative estimate of drug-likeness (QED) is 0.217. The fourth-order valence-corrected chi connectivity index (χ4v) is 4.82. The van der Waals surface area contributed by atoms with Crippen LogP contribution in [0.3, 0.4) is 0 Å². The Morgan fingerprint density at radius 2 is 1.62 bits per heavy atom. The number of carbonyl (C=O) groups is 2. The van der Waals surface area contributed by atoms with Crippen molar-refractivity contribution in [2.24, 2.45) is 0 Å². The summed E-state index contributed by atoms with van der Waals surface area (Å²) in [5, 5.41) is 4.05. The number of benzene rings is 3. The molecule has 39 heavy (non-hydrogen) atoms. The molecule has 1 atom stereocenters. The number of anilines is 1. The normalized spacial score (nSPS) is 12.0. The molecule has 2 N–H and O–H groups in total. The highest BCUT2D eigenvalue weighted by Gasteiger charge is 2.32. The molecule has 5 rings (SSSR count). The first-order valence-electron chi connectivity index (χ1n) is 13.2. The monoisotopic (exact) mass is 519 g/mol. The second-order valence-corrected chi connectivity index (χ2v) is 10.2. The summed E-state index contributed by atoms with van der Waals surface area (Å²) in [6.45, 7) is 6.42. The molecule has 0 saturated heterocycles. The van der Waals surface area contributed by atoms with Gasteiger partial charge in [0.05, 0.1) is 19.2 Å². The second-order valence-electron chi connectivity index (χ2n) is 10.2. The van der Waals surface area contributed by atoms with Crippen molar-refractivity contribution in [1.29, 1.82) is 0 Å². The summed E-state index contributed by atoms with van der Waals surface area (Å²) in [7, 11) is 0. The largest absolute Gasteiger partial charge is 0.467 e. The molecule has 0 fully saturated rings. The zero-order chi connectivity index (χ0) is 27.4. The van der Waals surface area contributed by atoms with E-state index in [1.807, 2.05) is 92.0 Å². The van der Waals surface area contributed by atoms with Crippen molar-refractivity contribution in [1.82, 2.24) is 9.88 Å². The molecule has 5 aromatic rings. The molecule has 0 aliphatic heterocycles. The van der Waals surface area contributed by atoms with Crippen LogP contribution in [0.1, 0.15) is 53.8 Å². The molecule has 6 heteroatoms. The lowest BCUT2D eigenvalue weighted by Crippen LogP contribution is -2.41. The summed E-state index contributed by atoms with van der Waals surface area (Å²) in [5.74, 6) is 0.538. The maximum absolute atomic E-state index is 14.0. The van der Waals surface area contributed by atoms with Crippen molar-refractivity contribution in [2.45, 2.75) is 45.7 Å². The van der Waals surface area contributed by atoms with E-state index in [1.165, 1.54) is 5.56 Å². The van der Waals surface area contributed by atoms with E-state index in [2.05, 4.69) is 24.1 Å². The first kappa shape index (κ1) is 26.0. The van der Waals surface area contributed by atoms with Gasteiger partial charge >= 0.3 is 0 Å². The van der Waals surface area contributed by atoms with E-state index in [9.17, 15) is 9.59 Å². The number of H-pyrrole nitrogens is 1. The summed E-state index contributed by atoms with van der Waals surface area (Å²) in [6, 6.07) is 26.2. The number of furan rings is 1. The lowest BCUT2D eigenvalue weighted by Gasteiger charge is -2.31. The molecule has 3 aromatic carbocycles. The minimum absolute atomic E-state index is 0.142. The maximum atomic E-state index is 14.0. The minimum Gasteiger partial charge on any atom is -0.467 e. The van der Waals surface area contributed by atoms with Gasteiger partial charge in [0.25, 0.3) is 5.91 Å². The highest BCUT2D eigenvalue weighted by Crippen LogP contribution is 2.28. The number of aryl methyl sites for hydroxylation is 1. The van der Waals surface area contributed by atoms with Gasteiger partial charge in [0, 0.05) is 22.8 Å². The van der Waals surface area contributed by atoms with Crippen LogP contribution in [0.4, 0.5) is 5.69 Å². The molecule has 2 heterocycles. The Labute approximate surface area is 228 Å². The van der Waals surface area contributed by atoms with Crippen molar-refractivity contribution in [2.75, 3.05) is 5.32 Å². The third-order valence-electron chi connectivity index (χ3n) is 7.04. The molecule has 198 valence electrons. The zero-order valence-electron chi connectivity index (χ0n) is 22.5. The third-order valence-corrected chi connectivity index (χ3v) is 7.04. The van der Waals surface area contributed by atoms with Crippen LogP contribution in [0.2, 0.25) is 0 Å². The van der Waals surface area contributed by atoms with Crippen molar-refractivity contribution >= 4 is 28.4 Å². The standard InChI is InChI=1S/C33H33N3O3/c1-22(2)24-14-16-27(17-15-24)35-33(38)32(25-12-10-23(3)11-13-25)36(21-28-7-6-18-39-28)31(37)19-26-20-34-30-9-5-4-8-29(26)30/h4-18,20,22,32,34H,19,21H2,1-3H3,(H,35,38)/t32-/m0/s1. The van der Waals surface area contributed by atoms with E-state index in [-0.39, 0.29) is 24.8 Å². The van der Waals surface area contributed by atoms with E-state index in [4.69, 9.17) is 4.42 Å². The fraction of sp³-hybridized carbons (Fsp3) is 0.212. The number of nitrogens with one attached hydrogen (secondary N) is 2. The number of nitrogens with zero attached hydrogens (tertiary/aromatic N) is 1. The fourth-order valence-electron chi connectivity index (χ4n) is 4.82. The van der Waals surface area contributed by atoms with Gasteiger partial charge in [0.1, 0.15) is 11.8 Å². The van der Waals surface area contributed by atoms with Gasteiger partial charge in [-0.15, -0.1) is 0 Å². The Morgan fingerprint density at radius 1 is 0.897 bits per heavy atom. The third kappa shape index (κ3) is 5.96. The Balaban J connectivity index is 1.51. The number of fused-ring (bicyclic) bond motifs is 1. The number of amides is 2. The second kappa shape index (κ2) is 11.4. The number of aromatic amines is 1. The molecule has 2 aromatic heterocycles. The Hall–Kier alpha value is -4.58. The van der Waals surface area contributed by atoms with Crippen LogP contribution in [-0.2, 0) is 22.6 Å². The van der Waals surface area contributed by atoms with Crippen LogP contribution in [0.25, 0.3) is 10.9 Å². The average molecular weight is 520 g/mol. The molecule has 0 spiro atoms. The van der Waals surface area contributed by atoms with E-state index in [0.717, 1.165) is 27.6 Å². The van der Waals surface area contributed by atoms with Crippen LogP contribution in [0.15, 0.2) is 102 Å². The highest BCUT2D eigenvalue weighted by molar-refractivity contribution is 5.98. The predicted octanol–water partition coefficient (Wildman–Crippen LogP) is 7.14. The van der Waals surface area contributed by atoms with E-state index in [1.54, 1.807) is 17.2 Å². The molecule has 0 radical (unpaired) electrons. The lowest BCUT2D eigenvalue weighted by atomic mass is 10.0. The molecular weight excluding hydrogens is 486 g/mol. The van der Waals surface area contributed by atoms with Crippen LogP contribution in [-0.4, -0.2) is 21.7 Å². The first-order valence-corrected chi connectivity index (χ1v) is 13.2. The Morgan fingerprint density at radius 3 is 2.31 bits per heavy atom. The Bertz CT molecular complexity index is 1550. The van der Waals surface area contributed by atoms with Crippen LogP contribution in [0, 0.1) is 6.92 Å². The first-order chi connectivity index (χ1) is 18.9. The average Bonchev–Trinajstić information content (AvgIpc) is 3.60. The van der Waals surface area contributed by atoms with Gasteiger partial charge in [-0.05, 0) is 59.9 Å². The molecular formula is C33H33N3O3. The van der Waals surface area contributed by atoms with E-state index < -0.39 is 6.04 Å². The topological polar surface area (TPSA) is 78.3 Å². The smallest absolute Gasteiger partial charge is 0.251 e. The van der Waals surface area contributed by atoms with Crippen LogP contribution < -0.4 is 5.32 Å². The van der Waals surface area contributed by atoms with E-state index >= 15 is 0 Å². The van der Waals surface area contributed by atoms with Gasteiger partial charge in [-0.1, -0.05) is 74.0 Å². The van der Waals surface area contributed by atoms with Gasteiger partial charge in [-0.25, -0.2) is 0 Å². The highest BCUT2D eigenvalue weighted by atomic mass is 16.3. The molecule has 0 saturated carbocycles. The number of para-hydroxylation sites is 1. The summed E-state index contributed by atoms with van der Waals surface area (Å²) < 4.78 is 5.63. The zero-order valence-corrected chi connectivity index (χ0v) is 22.5. The predicted molar refractivity (Wildman–Crippen MR) is 154 cm³/mol. The van der Waals surface area contributed by atoms with Crippen molar-refractivity contribution in [3.8, 4) is 0 Å². The maximum Gasteiger partial charge on any atom is 0.251 e. The minimum atomic E-state index is -0.863. The van der Waals surface area contributed by atoms with Gasteiger partial charge < -0.3 is 19.6 Å². The molecule has 0 aliphatic carbocycles. The van der Waals surface area contributed by atoms with Gasteiger partial charge in [0.15, 0.2) is 0 Å². The molecule has 0 unspecified atom stereocenters.